The molecule has 0 saturated heterocycles. The summed E-state index contributed by atoms with van der Waals surface area (Å²) in [6.07, 6.45) is 0.860. The lowest BCUT2D eigenvalue weighted by atomic mass is 9.89. The Bertz CT molecular complexity index is 770. The Kier molecular flexibility index (Phi) is 4.50. The third-order valence-corrected chi connectivity index (χ3v) is 4.42. The van der Waals surface area contributed by atoms with Crippen LogP contribution in [0.25, 0.3) is 0 Å². The van der Waals surface area contributed by atoms with E-state index >= 15 is 0 Å². The molecule has 0 saturated carbocycles. The third kappa shape index (κ3) is 3.88. The zero-order chi connectivity index (χ0) is 17.3. The minimum Gasteiger partial charge on any atom is -0.487 e. The number of anilines is 1. The highest BCUT2D eigenvalue weighted by Crippen LogP contribution is 2.39. The fourth-order valence-electron chi connectivity index (χ4n) is 3.15. The molecule has 0 unspecified atom stereocenters. The van der Waals surface area contributed by atoms with Crippen LogP contribution >= 0.6 is 12.2 Å². The molecule has 2 aromatic rings. The number of fused-ring (bicyclic) bond motifs is 1. The first-order chi connectivity index (χ1) is 11.3. The molecular weight excluding hydrogens is 316 g/mol. The molecule has 0 fully saturated rings. The summed E-state index contributed by atoms with van der Waals surface area (Å²) in [5.41, 5.74) is 4.38. The van der Waals surface area contributed by atoms with E-state index in [-0.39, 0.29) is 11.6 Å². The second-order valence-corrected chi connectivity index (χ2v) is 7.54. The molecule has 1 aliphatic rings. The Hall–Kier alpha value is -2.07. The molecule has 3 rings (SSSR count). The average molecular weight is 340 g/mol. The van der Waals surface area contributed by atoms with Crippen molar-refractivity contribution in [3.63, 3.8) is 0 Å². The number of hydrogen-bond donors (Lipinski definition) is 2. The number of hydrogen-bond acceptors (Lipinski definition) is 2. The van der Waals surface area contributed by atoms with E-state index in [4.69, 9.17) is 17.0 Å². The first-order valence-electron chi connectivity index (χ1n) is 8.26. The molecule has 1 heterocycles. The van der Waals surface area contributed by atoms with Gasteiger partial charge in [0.25, 0.3) is 0 Å². The van der Waals surface area contributed by atoms with Gasteiger partial charge < -0.3 is 15.4 Å². The van der Waals surface area contributed by atoms with Crippen LogP contribution < -0.4 is 15.4 Å². The van der Waals surface area contributed by atoms with Crippen LogP contribution in [0.2, 0.25) is 0 Å². The van der Waals surface area contributed by atoms with Crippen molar-refractivity contribution in [1.29, 1.82) is 0 Å². The maximum absolute atomic E-state index is 6.12. The highest BCUT2D eigenvalue weighted by molar-refractivity contribution is 7.80. The predicted octanol–water partition coefficient (Wildman–Crippen LogP) is 4.89. The van der Waals surface area contributed by atoms with Gasteiger partial charge in [-0.1, -0.05) is 29.8 Å². The summed E-state index contributed by atoms with van der Waals surface area (Å²) in [5, 5.41) is 7.38. The van der Waals surface area contributed by atoms with Crippen molar-refractivity contribution in [2.45, 2.75) is 45.8 Å². The number of aryl methyl sites for hydroxylation is 2. The molecule has 0 amide bonds. The average Bonchev–Trinajstić information content (AvgIpc) is 2.47. The van der Waals surface area contributed by atoms with Gasteiger partial charge in [0, 0.05) is 17.7 Å². The van der Waals surface area contributed by atoms with Gasteiger partial charge in [-0.2, -0.15) is 0 Å². The normalized spacial score (nSPS) is 18.2. The SMILES string of the molecule is Cc1cccc(NC(=S)N[C@@H]2CC(C)(C)Oc3ccc(C)cc32)c1. The van der Waals surface area contributed by atoms with E-state index in [1.807, 2.05) is 12.1 Å². The van der Waals surface area contributed by atoms with Crippen LogP contribution in [0.4, 0.5) is 5.69 Å². The van der Waals surface area contributed by atoms with Crippen LogP contribution in [0, 0.1) is 13.8 Å². The lowest BCUT2D eigenvalue weighted by Crippen LogP contribution is -2.42. The van der Waals surface area contributed by atoms with Gasteiger partial charge in [-0.3, -0.25) is 0 Å². The third-order valence-electron chi connectivity index (χ3n) is 4.20. The van der Waals surface area contributed by atoms with Crippen LogP contribution in [0.1, 0.15) is 43.0 Å². The topological polar surface area (TPSA) is 33.3 Å². The summed E-state index contributed by atoms with van der Waals surface area (Å²) >= 11 is 5.53. The Morgan fingerprint density at radius 3 is 2.62 bits per heavy atom. The van der Waals surface area contributed by atoms with Crippen LogP contribution in [0.3, 0.4) is 0 Å². The molecule has 0 spiro atoms. The Balaban J connectivity index is 1.79. The fraction of sp³-hybridized carbons (Fsp3) is 0.350. The number of rotatable bonds is 2. The largest absolute Gasteiger partial charge is 0.487 e. The molecular formula is C20H24N2OS. The molecule has 24 heavy (non-hydrogen) atoms. The lowest BCUT2D eigenvalue weighted by Gasteiger charge is -2.38. The van der Waals surface area contributed by atoms with Crippen molar-refractivity contribution >= 4 is 23.0 Å². The molecule has 2 N–H and O–H groups in total. The smallest absolute Gasteiger partial charge is 0.171 e. The van der Waals surface area contributed by atoms with Crippen LogP contribution in [-0.2, 0) is 0 Å². The van der Waals surface area contributed by atoms with Gasteiger partial charge in [0.05, 0.1) is 6.04 Å². The molecule has 0 bridgehead atoms. The predicted molar refractivity (Wildman–Crippen MR) is 104 cm³/mol. The standard InChI is InChI=1S/C20H24N2OS/c1-13-6-5-7-15(10-13)21-19(24)22-17-12-20(3,4)23-18-9-8-14(2)11-16(17)18/h5-11,17H,12H2,1-4H3,(H2,21,22,24)/t17-/m1/s1. The Labute approximate surface area is 149 Å². The summed E-state index contributed by atoms with van der Waals surface area (Å²) in [7, 11) is 0. The van der Waals surface area contributed by atoms with Crippen molar-refractivity contribution in [2.24, 2.45) is 0 Å². The fourth-order valence-corrected chi connectivity index (χ4v) is 3.41. The van der Waals surface area contributed by atoms with E-state index in [0.717, 1.165) is 17.9 Å². The van der Waals surface area contributed by atoms with Crippen molar-refractivity contribution < 1.29 is 4.74 Å². The Morgan fingerprint density at radius 2 is 1.88 bits per heavy atom. The second-order valence-electron chi connectivity index (χ2n) is 7.13. The van der Waals surface area contributed by atoms with Gasteiger partial charge in [0.15, 0.2) is 5.11 Å². The number of thiocarbonyl (C=S) groups is 1. The maximum Gasteiger partial charge on any atom is 0.171 e. The van der Waals surface area contributed by atoms with E-state index in [1.54, 1.807) is 0 Å². The minimum atomic E-state index is -0.223. The molecule has 0 aliphatic carbocycles. The monoisotopic (exact) mass is 340 g/mol. The first-order valence-corrected chi connectivity index (χ1v) is 8.67. The Morgan fingerprint density at radius 1 is 1.12 bits per heavy atom. The van der Waals surface area contributed by atoms with Gasteiger partial charge in [0.1, 0.15) is 11.4 Å². The van der Waals surface area contributed by atoms with Gasteiger partial charge in [-0.15, -0.1) is 0 Å². The zero-order valence-electron chi connectivity index (χ0n) is 14.6. The maximum atomic E-state index is 6.12. The second kappa shape index (κ2) is 6.44. The van der Waals surface area contributed by atoms with E-state index in [1.165, 1.54) is 16.7 Å². The van der Waals surface area contributed by atoms with Crippen molar-refractivity contribution in [1.82, 2.24) is 5.32 Å². The van der Waals surface area contributed by atoms with Gasteiger partial charge in [0.2, 0.25) is 0 Å². The number of benzene rings is 2. The number of ether oxygens (including phenoxy) is 1. The lowest BCUT2D eigenvalue weighted by molar-refractivity contribution is 0.0696. The van der Waals surface area contributed by atoms with Crippen molar-refractivity contribution in [3.05, 3.63) is 59.2 Å². The van der Waals surface area contributed by atoms with Gasteiger partial charge >= 0.3 is 0 Å². The molecule has 0 radical (unpaired) electrons. The van der Waals surface area contributed by atoms with E-state index in [0.29, 0.717) is 5.11 Å². The molecule has 3 nitrogen and oxygen atoms in total. The van der Waals surface area contributed by atoms with E-state index in [9.17, 15) is 0 Å². The highest BCUT2D eigenvalue weighted by Gasteiger charge is 2.34. The summed E-state index contributed by atoms with van der Waals surface area (Å²) in [5.74, 6) is 0.938. The molecule has 126 valence electrons. The zero-order valence-corrected chi connectivity index (χ0v) is 15.5. The van der Waals surface area contributed by atoms with Crippen LogP contribution in [0.5, 0.6) is 5.75 Å². The molecule has 4 heteroatoms. The van der Waals surface area contributed by atoms with Crippen LogP contribution in [0.15, 0.2) is 42.5 Å². The first kappa shape index (κ1) is 16.8. The highest BCUT2D eigenvalue weighted by atomic mass is 32.1. The quantitative estimate of drug-likeness (QED) is 0.763. The van der Waals surface area contributed by atoms with E-state index in [2.05, 4.69) is 68.7 Å². The van der Waals surface area contributed by atoms with Crippen molar-refractivity contribution in [2.75, 3.05) is 5.32 Å². The molecule has 2 aromatic carbocycles. The number of nitrogens with one attached hydrogen (secondary N) is 2. The summed E-state index contributed by atoms with van der Waals surface area (Å²) in [6, 6.07) is 14.6. The van der Waals surface area contributed by atoms with Gasteiger partial charge in [-0.05, 0) is 63.7 Å². The van der Waals surface area contributed by atoms with Gasteiger partial charge in [-0.25, -0.2) is 0 Å². The van der Waals surface area contributed by atoms with Crippen LogP contribution in [-0.4, -0.2) is 10.7 Å². The molecule has 1 atom stereocenters. The van der Waals surface area contributed by atoms with Crippen molar-refractivity contribution in [3.8, 4) is 5.75 Å². The molecule has 0 aromatic heterocycles. The van der Waals surface area contributed by atoms with E-state index < -0.39 is 0 Å². The summed E-state index contributed by atoms with van der Waals surface area (Å²) in [4.78, 5) is 0. The molecule has 1 aliphatic heterocycles. The minimum absolute atomic E-state index is 0.133. The summed E-state index contributed by atoms with van der Waals surface area (Å²) < 4.78 is 6.12. The summed E-state index contributed by atoms with van der Waals surface area (Å²) in [6.45, 7) is 8.39.